The second-order valence-electron chi connectivity index (χ2n) is 7.82. The zero-order valence-corrected chi connectivity index (χ0v) is 18.1. The highest BCUT2D eigenvalue weighted by Crippen LogP contribution is 2.30. The molecule has 162 valence electrons. The largest absolute Gasteiger partial charge is 0.507 e. The van der Waals surface area contributed by atoms with Gasteiger partial charge in [0.25, 0.3) is 5.69 Å². The van der Waals surface area contributed by atoms with Gasteiger partial charge in [0.15, 0.2) is 5.58 Å². The van der Waals surface area contributed by atoms with Crippen molar-refractivity contribution in [3.8, 4) is 17.2 Å². The number of aliphatic imine (C=N–C) groups is 1. The molecule has 0 saturated carbocycles. The minimum Gasteiger partial charge on any atom is -0.507 e. The molecule has 0 fully saturated rings. The molecule has 0 spiro atoms. The molecular formula is C25H23N3O4. The van der Waals surface area contributed by atoms with Gasteiger partial charge in [-0.25, -0.2) is 4.98 Å². The number of phenolic OH excluding ortho intramolecular Hbond substituents is 1. The van der Waals surface area contributed by atoms with Crippen molar-refractivity contribution in [3.63, 3.8) is 0 Å². The molecule has 1 heterocycles. The molecule has 1 aromatic heterocycles. The quantitative estimate of drug-likeness (QED) is 0.209. The summed E-state index contributed by atoms with van der Waals surface area (Å²) in [6, 6.07) is 16.0. The second kappa shape index (κ2) is 8.63. The number of nitro benzene ring substituents is 1. The molecule has 1 N–H and O–H groups in total. The average molecular weight is 429 g/mol. The van der Waals surface area contributed by atoms with Crippen molar-refractivity contribution in [1.82, 2.24) is 4.98 Å². The van der Waals surface area contributed by atoms with Crippen LogP contribution in [0.4, 0.5) is 11.4 Å². The maximum absolute atomic E-state index is 11.1. The number of nitro groups is 1. The summed E-state index contributed by atoms with van der Waals surface area (Å²) in [5.74, 6) is 0.907. The van der Waals surface area contributed by atoms with E-state index in [1.165, 1.54) is 23.9 Å². The standard InChI is InChI=1S/C25H23N3O4/c1-4-15(2)17-8-9-23-22(13-17)27-25(32-23)18-6-5-7-20(11-18)26-14-19-12-21(28(30)31)10-16(3)24(19)29/h5-15,29H,4H2,1-3H3/t15-/m0/s1. The lowest BCUT2D eigenvalue weighted by molar-refractivity contribution is -0.384. The average Bonchev–Trinajstić information content (AvgIpc) is 3.23. The molecule has 7 nitrogen and oxygen atoms in total. The highest BCUT2D eigenvalue weighted by Gasteiger charge is 2.13. The van der Waals surface area contributed by atoms with Crippen LogP contribution in [0.3, 0.4) is 0 Å². The Labute approximate surface area is 185 Å². The first-order chi connectivity index (χ1) is 15.4. The summed E-state index contributed by atoms with van der Waals surface area (Å²) in [4.78, 5) is 19.6. The van der Waals surface area contributed by atoms with Crippen LogP contribution >= 0.6 is 0 Å². The SMILES string of the molecule is CC[C@H](C)c1ccc2oc(-c3cccc(N=Cc4cc([N+](=O)[O-])cc(C)c4O)c3)nc2c1. The van der Waals surface area contributed by atoms with Crippen molar-refractivity contribution in [2.75, 3.05) is 0 Å². The normalized spacial score (nSPS) is 12.5. The molecule has 0 unspecified atom stereocenters. The minimum absolute atomic E-state index is 0.0356. The Balaban J connectivity index is 1.65. The van der Waals surface area contributed by atoms with Crippen molar-refractivity contribution in [2.24, 2.45) is 4.99 Å². The zero-order valence-electron chi connectivity index (χ0n) is 18.1. The van der Waals surface area contributed by atoms with Crippen molar-refractivity contribution >= 4 is 28.7 Å². The Morgan fingerprint density at radius 3 is 2.78 bits per heavy atom. The third-order valence-electron chi connectivity index (χ3n) is 5.56. The van der Waals surface area contributed by atoms with E-state index in [-0.39, 0.29) is 17.0 Å². The summed E-state index contributed by atoms with van der Waals surface area (Å²) < 4.78 is 5.94. The van der Waals surface area contributed by atoms with E-state index < -0.39 is 4.92 Å². The van der Waals surface area contributed by atoms with Crippen molar-refractivity contribution in [3.05, 3.63) is 81.4 Å². The Bertz CT molecular complexity index is 1340. The molecule has 4 aromatic rings. The fourth-order valence-electron chi connectivity index (χ4n) is 3.46. The minimum atomic E-state index is -0.496. The van der Waals surface area contributed by atoms with Crippen molar-refractivity contribution in [2.45, 2.75) is 33.1 Å². The van der Waals surface area contributed by atoms with Gasteiger partial charge >= 0.3 is 0 Å². The summed E-state index contributed by atoms with van der Waals surface area (Å²) in [7, 11) is 0. The predicted molar refractivity (Wildman–Crippen MR) is 125 cm³/mol. The third kappa shape index (κ3) is 4.23. The van der Waals surface area contributed by atoms with Gasteiger partial charge in [0.1, 0.15) is 11.3 Å². The van der Waals surface area contributed by atoms with E-state index in [1.807, 2.05) is 24.3 Å². The lowest BCUT2D eigenvalue weighted by Gasteiger charge is -2.07. The highest BCUT2D eigenvalue weighted by atomic mass is 16.6. The fourth-order valence-corrected chi connectivity index (χ4v) is 3.46. The van der Waals surface area contributed by atoms with Gasteiger partial charge in [0.05, 0.1) is 10.6 Å². The fraction of sp³-hybridized carbons (Fsp3) is 0.200. The summed E-state index contributed by atoms with van der Waals surface area (Å²) in [6.45, 7) is 5.95. The molecule has 0 radical (unpaired) electrons. The van der Waals surface area contributed by atoms with Gasteiger partial charge in [-0.1, -0.05) is 26.0 Å². The van der Waals surface area contributed by atoms with E-state index in [1.54, 1.807) is 13.0 Å². The maximum Gasteiger partial charge on any atom is 0.270 e. The van der Waals surface area contributed by atoms with Gasteiger partial charge in [-0.2, -0.15) is 0 Å². The smallest absolute Gasteiger partial charge is 0.270 e. The lowest BCUT2D eigenvalue weighted by atomic mass is 9.98. The Kier molecular flexibility index (Phi) is 5.73. The van der Waals surface area contributed by atoms with Gasteiger partial charge in [-0.05, 0) is 60.7 Å². The number of rotatable bonds is 6. The number of aromatic hydroxyl groups is 1. The van der Waals surface area contributed by atoms with Crippen molar-refractivity contribution < 1.29 is 14.4 Å². The summed E-state index contributed by atoms with van der Waals surface area (Å²) in [6.07, 6.45) is 2.47. The number of oxazole rings is 1. The molecule has 0 saturated heterocycles. The molecule has 0 aliphatic heterocycles. The van der Waals surface area contributed by atoms with E-state index in [9.17, 15) is 15.2 Å². The molecule has 0 bridgehead atoms. The molecule has 32 heavy (non-hydrogen) atoms. The van der Waals surface area contributed by atoms with Gasteiger partial charge in [-0.15, -0.1) is 0 Å². The second-order valence-corrected chi connectivity index (χ2v) is 7.82. The molecule has 4 rings (SSSR count). The Hall–Kier alpha value is -4.00. The first-order valence-corrected chi connectivity index (χ1v) is 10.4. The number of non-ortho nitro benzene ring substituents is 1. The molecule has 0 amide bonds. The van der Waals surface area contributed by atoms with E-state index in [2.05, 4.69) is 36.0 Å². The molecule has 7 heteroatoms. The number of aromatic nitrogens is 1. The van der Waals surface area contributed by atoms with Gasteiger partial charge < -0.3 is 9.52 Å². The number of fused-ring (bicyclic) bond motifs is 1. The molecular weight excluding hydrogens is 406 g/mol. The number of phenols is 1. The number of nitrogens with zero attached hydrogens (tertiary/aromatic N) is 3. The number of hydrogen-bond donors (Lipinski definition) is 1. The van der Waals surface area contributed by atoms with Crippen LogP contribution in [-0.2, 0) is 0 Å². The summed E-state index contributed by atoms with van der Waals surface area (Å²) in [5, 5.41) is 21.3. The topological polar surface area (TPSA) is 102 Å². The van der Waals surface area contributed by atoms with Crippen LogP contribution in [0, 0.1) is 17.0 Å². The first-order valence-electron chi connectivity index (χ1n) is 10.4. The first kappa shape index (κ1) is 21.2. The number of aryl methyl sites for hydroxylation is 1. The van der Waals surface area contributed by atoms with Crippen LogP contribution in [0.5, 0.6) is 5.75 Å². The van der Waals surface area contributed by atoms with Crippen LogP contribution in [0.2, 0.25) is 0 Å². The van der Waals surface area contributed by atoms with E-state index in [4.69, 9.17) is 4.42 Å². The van der Waals surface area contributed by atoms with E-state index in [0.717, 1.165) is 23.1 Å². The zero-order chi connectivity index (χ0) is 22.8. The monoisotopic (exact) mass is 429 g/mol. The van der Waals surface area contributed by atoms with E-state index >= 15 is 0 Å². The molecule has 0 aliphatic carbocycles. The Morgan fingerprint density at radius 2 is 2.03 bits per heavy atom. The maximum atomic E-state index is 11.1. The van der Waals surface area contributed by atoms with Crippen molar-refractivity contribution in [1.29, 1.82) is 0 Å². The Morgan fingerprint density at radius 1 is 1.22 bits per heavy atom. The van der Waals surface area contributed by atoms with Crippen LogP contribution in [0.25, 0.3) is 22.6 Å². The number of hydrogen-bond acceptors (Lipinski definition) is 6. The molecule has 3 aromatic carbocycles. The van der Waals surface area contributed by atoms with Gasteiger partial charge in [0, 0.05) is 29.5 Å². The molecule has 1 atom stereocenters. The van der Waals surface area contributed by atoms with Crippen LogP contribution < -0.4 is 0 Å². The summed E-state index contributed by atoms with van der Waals surface area (Å²) in [5.41, 5.74) is 4.72. The van der Waals surface area contributed by atoms with Crippen LogP contribution in [0.1, 0.15) is 42.9 Å². The van der Waals surface area contributed by atoms with E-state index in [0.29, 0.717) is 23.1 Å². The van der Waals surface area contributed by atoms with Crippen LogP contribution in [0.15, 0.2) is 64.0 Å². The third-order valence-corrected chi connectivity index (χ3v) is 5.56. The lowest BCUT2D eigenvalue weighted by Crippen LogP contribution is -1.93. The molecule has 0 aliphatic rings. The predicted octanol–water partition coefficient (Wildman–Crippen LogP) is 6.68. The highest BCUT2D eigenvalue weighted by molar-refractivity contribution is 5.87. The van der Waals surface area contributed by atoms with Gasteiger partial charge in [0.2, 0.25) is 5.89 Å². The number of benzene rings is 3. The summed E-state index contributed by atoms with van der Waals surface area (Å²) >= 11 is 0. The van der Waals surface area contributed by atoms with Gasteiger partial charge in [-0.3, -0.25) is 15.1 Å². The van der Waals surface area contributed by atoms with Crippen LogP contribution in [-0.4, -0.2) is 21.2 Å².